The Hall–Kier alpha value is -2.62. The molecule has 0 unspecified atom stereocenters. The summed E-state index contributed by atoms with van der Waals surface area (Å²) in [5.74, 6) is 0.221. The van der Waals surface area contributed by atoms with Crippen LogP contribution in [0.25, 0.3) is 31.8 Å². The van der Waals surface area contributed by atoms with Gasteiger partial charge in [-0.25, -0.2) is 19.3 Å². The highest BCUT2D eigenvalue weighted by atomic mass is 32.1. The summed E-state index contributed by atoms with van der Waals surface area (Å²) in [7, 11) is -0.346. The molecule has 0 spiro atoms. The quantitative estimate of drug-likeness (QED) is 0.244. The fourth-order valence-electron chi connectivity index (χ4n) is 3.44. The van der Waals surface area contributed by atoms with E-state index in [1.807, 2.05) is 26.0 Å². The Labute approximate surface area is 210 Å². The van der Waals surface area contributed by atoms with Gasteiger partial charge in [0.1, 0.15) is 11.1 Å². The molecule has 2 aromatic carbocycles. The van der Waals surface area contributed by atoms with Crippen molar-refractivity contribution < 1.29 is 18.3 Å². The number of hydrogen-bond acceptors (Lipinski definition) is 7. The fraction of sp³-hybridized carbons (Fsp3) is 0.423. The molecule has 35 heavy (non-hydrogen) atoms. The lowest BCUT2D eigenvalue weighted by Gasteiger charge is -2.36. The molecule has 1 atom stereocenters. The SMILES string of the molecule is COc1cnc2c(-c3nc4cc(F)c(O[C@H](C)CO[Si](C)(C)C(C)(C)C)cc4s3)cc(C)cc2n1. The molecule has 2 aromatic heterocycles. The van der Waals surface area contributed by atoms with Crippen molar-refractivity contribution in [1.29, 1.82) is 0 Å². The molecule has 0 radical (unpaired) electrons. The molecule has 0 N–H and O–H groups in total. The number of thiazole rings is 1. The smallest absolute Gasteiger partial charge is 0.232 e. The van der Waals surface area contributed by atoms with Crippen LogP contribution in [0, 0.1) is 12.7 Å². The summed E-state index contributed by atoms with van der Waals surface area (Å²) in [6.45, 7) is 15.3. The Kier molecular flexibility index (Phi) is 6.87. The van der Waals surface area contributed by atoms with Crippen LogP contribution in [0.5, 0.6) is 11.6 Å². The average Bonchev–Trinajstić information content (AvgIpc) is 3.18. The van der Waals surface area contributed by atoms with Crippen molar-refractivity contribution in [2.24, 2.45) is 0 Å². The first kappa shape index (κ1) is 25.5. The predicted octanol–water partition coefficient (Wildman–Crippen LogP) is 7.15. The van der Waals surface area contributed by atoms with E-state index in [0.29, 0.717) is 18.0 Å². The van der Waals surface area contributed by atoms with Gasteiger partial charge < -0.3 is 13.9 Å². The van der Waals surface area contributed by atoms with E-state index in [9.17, 15) is 4.39 Å². The number of aryl methyl sites for hydroxylation is 1. The molecule has 0 aliphatic carbocycles. The zero-order valence-corrected chi connectivity index (χ0v) is 23.3. The molecular formula is C26H32FN3O3SSi. The summed E-state index contributed by atoms with van der Waals surface area (Å²) >= 11 is 1.47. The van der Waals surface area contributed by atoms with E-state index in [1.54, 1.807) is 19.4 Å². The summed E-state index contributed by atoms with van der Waals surface area (Å²) in [6.07, 6.45) is 1.31. The highest BCUT2D eigenvalue weighted by Gasteiger charge is 2.37. The number of halogens is 1. The molecule has 0 aliphatic rings. The Balaban J connectivity index is 1.62. The fourth-order valence-corrected chi connectivity index (χ4v) is 5.51. The van der Waals surface area contributed by atoms with E-state index in [-0.39, 0.29) is 16.9 Å². The molecule has 4 rings (SSSR count). The van der Waals surface area contributed by atoms with Gasteiger partial charge in [0.15, 0.2) is 19.9 Å². The summed E-state index contributed by atoms with van der Waals surface area (Å²) in [6, 6.07) is 7.13. The van der Waals surface area contributed by atoms with Crippen molar-refractivity contribution in [2.45, 2.75) is 58.9 Å². The van der Waals surface area contributed by atoms with Crippen LogP contribution in [0.2, 0.25) is 18.1 Å². The van der Waals surface area contributed by atoms with Gasteiger partial charge >= 0.3 is 0 Å². The Bertz CT molecular complexity index is 1380. The van der Waals surface area contributed by atoms with Gasteiger partial charge in [-0.15, -0.1) is 11.3 Å². The standard InChI is InChI=1S/C26H32FN3O3SSi/c1-15-9-17(24-20(10-15)29-23(31-6)13-28-24)25-30-19-11-18(27)21(12-22(19)34-25)33-16(2)14-32-35(7,8)26(3,4)5/h9-13,16H,14H2,1-8H3/t16-/m1/s1. The van der Waals surface area contributed by atoms with Crippen molar-refractivity contribution in [3.63, 3.8) is 0 Å². The zero-order chi connectivity index (χ0) is 25.5. The lowest BCUT2D eigenvalue weighted by molar-refractivity contribution is 0.130. The minimum atomic E-state index is -1.91. The molecule has 9 heteroatoms. The first-order valence-electron chi connectivity index (χ1n) is 11.6. The van der Waals surface area contributed by atoms with E-state index in [1.165, 1.54) is 17.4 Å². The highest BCUT2D eigenvalue weighted by Crippen LogP contribution is 2.38. The Morgan fingerprint density at radius 2 is 1.83 bits per heavy atom. The number of methoxy groups -OCH3 is 1. The second kappa shape index (κ2) is 9.44. The Morgan fingerprint density at radius 1 is 1.09 bits per heavy atom. The van der Waals surface area contributed by atoms with Crippen LogP contribution >= 0.6 is 11.3 Å². The first-order valence-corrected chi connectivity index (χ1v) is 15.3. The minimum Gasteiger partial charge on any atom is -0.485 e. The van der Waals surface area contributed by atoms with Gasteiger partial charge in [0, 0.05) is 17.7 Å². The van der Waals surface area contributed by atoms with Crippen molar-refractivity contribution in [1.82, 2.24) is 15.0 Å². The van der Waals surface area contributed by atoms with Crippen molar-refractivity contribution in [3.05, 3.63) is 41.8 Å². The number of benzene rings is 2. The van der Waals surface area contributed by atoms with Crippen LogP contribution in [0.4, 0.5) is 4.39 Å². The lowest BCUT2D eigenvalue weighted by Crippen LogP contribution is -2.43. The van der Waals surface area contributed by atoms with E-state index in [2.05, 4.69) is 43.8 Å². The maximum Gasteiger partial charge on any atom is 0.232 e. The van der Waals surface area contributed by atoms with E-state index < -0.39 is 14.1 Å². The monoisotopic (exact) mass is 513 g/mol. The summed E-state index contributed by atoms with van der Waals surface area (Å²) in [5, 5.41) is 0.852. The first-order chi connectivity index (χ1) is 16.4. The molecule has 6 nitrogen and oxygen atoms in total. The number of ether oxygens (including phenoxy) is 2. The van der Waals surface area contributed by atoms with Crippen LogP contribution < -0.4 is 9.47 Å². The number of rotatable bonds is 7. The maximum atomic E-state index is 14.9. The van der Waals surface area contributed by atoms with Gasteiger partial charge in [0.25, 0.3) is 0 Å². The van der Waals surface area contributed by atoms with E-state index in [4.69, 9.17) is 18.9 Å². The van der Waals surface area contributed by atoms with Gasteiger partial charge in [0.05, 0.1) is 41.2 Å². The number of fused-ring (bicyclic) bond motifs is 2. The third-order valence-corrected chi connectivity index (χ3v) is 12.0. The van der Waals surface area contributed by atoms with Gasteiger partial charge in [0.2, 0.25) is 5.88 Å². The minimum absolute atomic E-state index is 0.103. The molecule has 0 saturated carbocycles. The molecule has 0 bridgehead atoms. The molecular weight excluding hydrogens is 481 g/mol. The Morgan fingerprint density at radius 3 is 2.51 bits per heavy atom. The summed E-state index contributed by atoms with van der Waals surface area (Å²) < 4.78 is 33.2. The maximum absolute atomic E-state index is 14.9. The normalized spacial score (nSPS) is 13.4. The molecule has 0 amide bonds. The van der Waals surface area contributed by atoms with Gasteiger partial charge in [-0.3, -0.25) is 0 Å². The van der Waals surface area contributed by atoms with Crippen LogP contribution in [0.3, 0.4) is 0 Å². The number of aromatic nitrogens is 3. The third-order valence-electron chi connectivity index (χ3n) is 6.46. The predicted molar refractivity (Wildman–Crippen MR) is 143 cm³/mol. The highest BCUT2D eigenvalue weighted by molar-refractivity contribution is 7.21. The third kappa shape index (κ3) is 5.32. The van der Waals surface area contributed by atoms with Crippen LogP contribution in [0.1, 0.15) is 33.3 Å². The number of nitrogens with zero attached hydrogens (tertiary/aromatic N) is 3. The molecule has 0 fully saturated rings. The molecule has 0 saturated heterocycles. The van der Waals surface area contributed by atoms with E-state index in [0.717, 1.165) is 31.9 Å². The van der Waals surface area contributed by atoms with E-state index >= 15 is 0 Å². The van der Waals surface area contributed by atoms with Crippen LogP contribution in [-0.4, -0.2) is 43.1 Å². The number of hydrogen-bond donors (Lipinski definition) is 0. The molecule has 2 heterocycles. The molecule has 0 aliphatic heterocycles. The topological polar surface area (TPSA) is 66.4 Å². The van der Waals surface area contributed by atoms with Crippen LogP contribution in [0.15, 0.2) is 30.5 Å². The van der Waals surface area contributed by atoms with Crippen LogP contribution in [-0.2, 0) is 4.43 Å². The molecule has 4 aromatic rings. The summed E-state index contributed by atoms with van der Waals surface area (Å²) in [4.78, 5) is 13.7. The van der Waals surface area contributed by atoms with Gasteiger partial charge in [-0.1, -0.05) is 20.8 Å². The van der Waals surface area contributed by atoms with Crippen molar-refractivity contribution >= 4 is 40.9 Å². The van der Waals surface area contributed by atoms with Crippen molar-refractivity contribution in [2.75, 3.05) is 13.7 Å². The molecule has 186 valence electrons. The van der Waals surface area contributed by atoms with Gasteiger partial charge in [-0.2, -0.15) is 0 Å². The van der Waals surface area contributed by atoms with Gasteiger partial charge in [-0.05, 0) is 49.7 Å². The summed E-state index contributed by atoms with van der Waals surface area (Å²) in [5.41, 5.74) is 3.92. The second-order valence-corrected chi connectivity index (χ2v) is 16.2. The lowest BCUT2D eigenvalue weighted by atomic mass is 10.1. The van der Waals surface area contributed by atoms with Crippen molar-refractivity contribution in [3.8, 4) is 22.2 Å². The zero-order valence-electron chi connectivity index (χ0n) is 21.5. The second-order valence-electron chi connectivity index (χ2n) is 10.4. The largest absolute Gasteiger partial charge is 0.485 e. The average molecular weight is 514 g/mol.